The summed E-state index contributed by atoms with van der Waals surface area (Å²) in [4.78, 5) is 30.1. The average Bonchev–Trinajstić information content (AvgIpc) is 2.82. The monoisotopic (exact) mass is 487 g/mol. The third kappa shape index (κ3) is 4.78. The molecule has 0 spiro atoms. The van der Waals surface area contributed by atoms with Crippen LogP contribution in [0.2, 0.25) is 0 Å². The zero-order valence-electron chi connectivity index (χ0n) is 17.8. The predicted molar refractivity (Wildman–Crippen MR) is 130 cm³/mol. The minimum absolute atomic E-state index is 0.247. The van der Waals surface area contributed by atoms with E-state index < -0.39 is 5.97 Å². The first kappa shape index (κ1) is 21.9. The van der Waals surface area contributed by atoms with Crippen LogP contribution in [-0.4, -0.2) is 23.3 Å². The summed E-state index contributed by atoms with van der Waals surface area (Å²) >= 11 is 3.46. The Balaban J connectivity index is 1.68. The second kappa shape index (κ2) is 9.45. The summed E-state index contributed by atoms with van der Waals surface area (Å²) in [5.74, 6) is -0.374. The van der Waals surface area contributed by atoms with Gasteiger partial charge < -0.3 is 4.74 Å². The molecule has 1 aromatic heterocycles. The van der Waals surface area contributed by atoms with E-state index >= 15 is 0 Å². The molecule has 0 saturated heterocycles. The van der Waals surface area contributed by atoms with Crippen LogP contribution < -0.4 is 0 Å². The molecule has 5 heteroatoms. The molecule has 0 bridgehead atoms. The standard InChI is InChI=1S/C27H22BrNO3/c1-17(2)18-8-10-19(11-9-18)25-15-23(22-14-21(28)12-13-24(22)29-25)27(31)32-16-26(30)20-6-4-3-5-7-20/h3-15,17H,16H2,1-2H3. The summed E-state index contributed by atoms with van der Waals surface area (Å²) < 4.78 is 6.23. The topological polar surface area (TPSA) is 56.3 Å². The highest BCUT2D eigenvalue weighted by Crippen LogP contribution is 2.28. The van der Waals surface area contributed by atoms with Crippen molar-refractivity contribution in [3.05, 3.63) is 100 Å². The number of nitrogens with zero attached hydrogens (tertiary/aromatic N) is 1. The first-order valence-electron chi connectivity index (χ1n) is 10.4. The molecular formula is C27H22BrNO3. The maximum absolute atomic E-state index is 13.0. The van der Waals surface area contributed by atoms with E-state index in [1.54, 1.807) is 30.3 Å². The number of halogens is 1. The zero-order valence-corrected chi connectivity index (χ0v) is 19.4. The number of ether oxygens (including phenoxy) is 1. The van der Waals surface area contributed by atoms with Gasteiger partial charge in [0.25, 0.3) is 0 Å². The fourth-order valence-corrected chi connectivity index (χ4v) is 3.83. The van der Waals surface area contributed by atoms with E-state index in [-0.39, 0.29) is 12.4 Å². The van der Waals surface area contributed by atoms with Crippen molar-refractivity contribution < 1.29 is 14.3 Å². The maximum Gasteiger partial charge on any atom is 0.339 e. The molecule has 0 atom stereocenters. The lowest BCUT2D eigenvalue weighted by Crippen LogP contribution is -2.15. The second-order valence-corrected chi connectivity index (χ2v) is 8.77. The lowest BCUT2D eigenvalue weighted by atomic mass is 9.99. The maximum atomic E-state index is 13.0. The fraction of sp³-hybridized carbons (Fsp3) is 0.148. The van der Waals surface area contributed by atoms with Crippen molar-refractivity contribution in [2.75, 3.05) is 6.61 Å². The van der Waals surface area contributed by atoms with Crippen LogP contribution in [-0.2, 0) is 4.74 Å². The Bertz CT molecular complexity index is 1280. The zero-order chi connectivity index (χ0) is 22.7. The van der Waals surface area contributed by atoms with Gasteiger partial charge in [0.2, 0.25) is 0 Å². The number of carbonyl (C=O) groups is 2. The minimum atomic E-state index is -0.556. The number of ketones is 1. The molecule has 0 aliphatic rings. The molecule has 32 heavy (non-hydrogen) atoms. The van der Waals surface area contributed by atoms with Crippen LogP contribution in [0.25, 0.3) is 22.2 Å². The van der Waals surface area contributed by atoms with Gasteiger partial charge >= 0.3 is 5.97 Å². The molecule has 3 aromatic carbocycles. The molecule has 1 heterocycles. The van der Waals surface area contributed by atoms with Gasteiger partial charge in [0, 0.05) is 21.0 Å². The van der Waals surface area contributed by atoms with Crippen LogP contribution >= 0.6 is 15.9 Å². The van der Waals surface area contributed by atoms with Crippen molar-refractivity contribution in [2.45, 2.75) is 19.8 Å². The van der Waals surface area contributed by atoms with Crippen LogP contribution in [0, 0.1) is 0 Å². The number of pyridine rings is 1. The molecule has 4 nitrogen and oxygen atoms in total. The van der Waals surface area contributed by atoms with Crippen molar-refractivity contribution in [1.29, 1.82) is 0 Å². The van der Waals surface area contributed by atoms with Crippen LogP contribution in [0.15, 0.2) is 83.3 Å². The van der Waals surface area contributed by atoms with Gasteiger partial charge in [-0.05, 0) is 35.7 Å². The number of Topliss-reactive ketones (excluding diaryl/α,β-unsaturated/α-hetero) is 1. The van der Waals surface area contributed by atoms with Crippen LogP contribution in [0.3, 0.4) is 0 Å². The van der Waals surface area contributed by atoms with Crippen LogP contribution in [0.5, 0.6) is 0 Å². The van der Waals surface area contributed by atoms with Crippen molar-refractivity contribution in [1.82, 2.24) is 4.98 Å². The molecular weight excluding hydrogens is 466 g/mol. The van der Waals surface area contributed by atoms with Crippen molar-refractivity contribution in [3.63, 3.8) is 0 Å². The van der Waals surface area contributed by atoms with E-state index in [2.05, 4.69) is 41.9 Å². The van der Waals surface area contributed by atoms with E-state index in [1.165, 1.54) is 5.56 Å². The molecule has 0 saturated carbocycles. The molecule has 4 rings (SSSR count). The van der Waals surface area contributed by atoms with E-state index in [9.17, 15) is 9.59 Å². The number of hydrogen-bond acceptors (Lipinski definition) is 4. The van der Waals surface area contributed by atoms with E-state index in [0.717, 1.165) is 10.0 Å². The summed E-state index contributed by atoms with van der Waals surface area (Å²) in [5, 5.41) is 0.666. The first-order chi connectivity index (χ1) is 15.4. The lowest BCUT2D eigenvalue weighted by Gasteiger charge is -2.11. The Labute approximate surface area is 195 Å². The Morgan fingerprint density at radius 3 is 2.34 bits per heavy atom. The average molecular weight is 488 g/mol. The van der Waals surface area contributed by atoms with Crippen molar-refractivity contribution in [2.24, 2.45) is 0 Å². The molecule has 0 aliphatic carbocycles. The normalized spacial score (nSPS) is 11.0. The summed E-state index contributed by atoms with van der Waals surface area (Å²) in [6.07, 6.45) is 0. The second-order valence-electron chi connectivity index (χ2n) is 7.86. The summed E-state index contributed by atoms with van der Waals surface area (Å²) in [6.45, 7) is 3.97. The third-order valence-electron chi connectivity index (χ3n) is 5.29. The quantitative estimate of drug-likeness (QED) is 0.221. The van der Waals surface area contributed by atoms with Crippen molar-refractivity contribution in [3.8, 4) is 11.3 Å². The SMILES string of the molecule is CC(C)c1ccc(-c2cc(C(=O)OCC(=O)c3ccccc3)c3cc(Br)ccc3n2)cc1. The van der Waals surface area contributed by atoms with Gasteiger partial charge in [0.05, 0.1) is 16.8 Å². The van der Waals surface area contributed by atoms with Gasteiger partial charge in [-0.25, -0.2) is 9.78 Å². The number of carbonyl (C=O) groups excluding carboxylic acids is 2. The number of rotatable bonds is 6. The largest absolute Gasteiger partial charge is 0.454 e. The van der Waals surface area contributed by atoms with Gasteiger partial charge in [-0.2, -0.15) is 0 Å². The Morgan fingerprint density at radius 1 is 0.938 bits per heavy atom. The molecule has 0 N–H and O–H groups in total. The van der Waals surface area contributed by atoms with Gasteiger partial charge in [-0.3, -0.25) is 4.79 Å². The summed E-state index contributed by atoms with van der Waals surface area (Å²) in [7, 11) is 0. The molecule has 4 aromatic rings. The van der Waals surface area contributed by atoms with E-state index in [1.807, 2.05) is 36.4 Å². The summed E-state index contributed by atoms with van der Waals surface area (Å²) in [5.41, 5.74) is 4.39. The highest BCUT2D eigenvalue weighted by atomic mass is 79.9. The number of fused-ring (bicyclic) bond motifs is 1. The predicted octanol–water partition coefficient (Wildman–Crippen LogP) is 6.83. The van der Waals surface area contributed by atoms with Gasteiger partial charge in [-0.1, -0.05) is 84.4 Å². The lowest BCUT2D eigenvalue weighted by molar-refractivity contribution is 0.0476. The minimum Gasteiger partial charge on any atom is -0.454 e. The molecule has 0 radical (unpaired) electrons. The fourth-order valence-electron chi connectivity index (χ4n) is 3.47. The Hall–Kier alpha value is -3.31. The highest BCUT2D eigenvalue weighted by molar-refractivity contribution is 9.10. The Morgan fingerprint density at radius 2 is 1.66 bits per heavy atom. The molecule has 0 aliphatic heterocycles. The van der Waals surface area contributed by atoms with Gasteiger partial charge in [-0.15, -0.1) is 0 Å². The number of hydrogen-bond donors (Lipinski definition) is 0. The van der Waals surface area contributed by atoms with Crippen LogP contribution in [0.4, 0.5) is 0 Å². The molecule has 0 amide bonds. The molecule has 160 valence electrons. The number of benzene rings is 3. The highest BCUT2D eigenvalue weighted by Gasteiger charge is 2.18. The van der Waals surface area contributed by atoms with Gasteiger partial charge in [0.15, 0.2) is 12.4 Å². The first-order valence-corrected chi connectivity index (χ1v) is 11.2. The third-order valence-corrected chi connectivity index (χ3v) is 5.79. The van der Waals surface area contributed by atoms with E-state index in [0.29, 0.717) is 33.6 Å². The molecule has 0 fully saturated rings. The van der Waals surface area contributed by atoms with Crippen LogP contribution in [0.1, 0.15) is 46.0 Å². The van der Waals surface area contributed by atoms with Gasteiger partial charge in [0.1, 0.15) is 0 Å². The number of esters is 1. The van der Waals surface area contributed by atoms with Crippen molar-refractivity contribution >= 4 is 38.6 Å². The molecule has 0 unspecified atom stereocenters. The summed E-state index contributed by atoms with van der Waals surface area (Å²) in [6, 6.07) is 24.3. The Kier molecular flexibility index (Phi) is 6.47. The van der Waals surface area contributed by atoms with E-state index in [4.69, 9.17) is 9.72 Å². The number of aromatic nitrogens is 1. The smallest absolute Gasteiger partial charge is 0.339 e.